The van der Waals surface area contributed by atoms with E-state index in [9.17, 15) is 4.79 Å². The van der Waals surface area contributed by atoms with E-state index in [1.165, 1.54) is 11.3 Å². The van der Waals surface area contributed by atoms with Crippen molar-refractivity contribution in [2.75, 3.05) is 5.32 Å². The maximum Gasteiger partial charge on any atom is 0.257 e. The Bertz CT molecular complexity index is 1360. The lowest BCUT2D eigenvalue weighted by molar-refractivity contribution is 0.102. The normalized spacial score (nSPS) is 10.8. The number of nitrogens with one attached hydrogen (secondary N) is 1. The lowest BCUT2D eigenvalue weighted by atomic mass is 10.1. The SMILES string of the molecule is Cc1ccc(-c2nnc(-c3ccc(C(=O)Nc4nc(-c5ccccn5)cs4)cc3)o2)cc1. The fraction of sp³-hybridized carbons (Fsp3) is 0.0417. The molecule has 0 aliphatic heterocycles. The largest absolute Gasteiger partial charge is 0.416 e. The van der Waals surface area contributed by atoms with Crippen molar-refractivity contribution >= 4 is 22.4 Å². The molecule has 0 bridgehead atoms. The van der Waals surface area contributed by atoms with Crippen molar-refractivity contribution < 1.29 is 9.21 Å². The second-order valence-electron chi connectivity index (χ2n) is 7.06. The molecule has 5 aromatic rings. The number of anilines is 1. The van der Waals surface area contributed by atoms with Gasteiger partial charge in [-0.05, 0) is 55.5 Å². The maximum absolute atomic E-state index is 12.6. The molecule has 1 amide bonds. The summed E-state index contributed by atoms with van der Waals surface area (Å²) in [4.78, 5) is 21.3. The van der Waals surface area contributed by atoms with Crippen LogP contribution in [0.4, 0.5) is 5.13 Å². The summed E-state index contributed by atoms with van der Waals surface area (Å²) in [6.45, 7) is 2.02. The van der Waals surface area contributed by atoms with E-state index in [2.05, 4.69) is 25.5 Å². The number of aromatic nitrogens is 4. The van der Waals surface area contributed by atoms with E-state index in [-0.39, 0.29) is 5.91 Å². The fourth-order valence-corrected chi connectivity index (χ4v) is 3.75. The molecule has 0 unspecified atom stereocenters. The molecule has 3 heterocycles. The summed E-state index contributed by atoms with van der Waals surface area (Å²) in [6, 6.07) is 20.5. The third-order valence-electron chi connectivity index (χ3n) is 4.77. The zero-order valence-electron chi connectivity index (χ0n) is 17.0. The van der Waals surface area contributed by atoms with Gasteiger partial charge in [-0.1, -0.05) is 23.8 Å². The average Bonchev–Trinajstić information content (AvgIpc) is 3.51. The number of hydrogen-bond donors (Lipinski definition) is 1. The first-order chi connectivity index (χ1) is 15.7. The first-order valence-corrected chi connectivity index (χ1v) is 10.7. The zero-order chi connectivity index (χ0) is 21.9. The third kappa shape index (κ3) is 4.17. The number of pyridine rings is 1. The van der Waals surface area contributed by atoms with E-state index < -0.39 is 0 Å². The lowest BCUT2D eigenvalue weighted by Gasteiger charge is -2.02. The summed E-state index contributed by atoms with van der Waals surface area (Å²) in [7, 11) is 0. The Hall–Kier alpha value is -4.17. The van der Waals surface area contributed by atoms with Crippen LogP contribution >= 0.6 is 11.3 Å². The Morgan fingerprint density at radius 1 is 0.875 bits per heavy atom. The first kappa shape index (κ1) is 19.8. The molecule has 7 nitrogen and oxygen atoms in total. The summed E-state index contributed by atoms with van der Waals surface area (Å²) in [5, 5.41) is 13.5. The van der Waals surface area contributed by atoms with Gasteiger partial charge in [0.25, 0.3) is 5.91 Å². The molecule has 5 rings (SSSR count). The van der Waals surface area contributed by atoms with E-state index in [0.717, 1.165) is 28.1 Å². The Morgan fingerprint density at radius 3 is 2.22 bits per heavy atom. The van der Waals surface area contributed by atoms with Crippen LogP contribution in [0.1, 0.15) is 15.9 Å². The van der Waals surface area contributed by atoms with Crippen LogP contribution in [0.3, 0.4) is 0 Å². The van der Waals surface area contributed by atoms with Crippen LogP contribution in [0.25, 0.3) is 34.3 Å². The fourth-order valence-electron chi connectivity index (χ4n) is 3.05. The number of aryl methyl sites for hydroxylation is 1. The zero-order valence-corrected chi connectivity index (χ0v) is 17.8. The number of thiazole rings is 1. The Morgan fingerprint density at radius 2 is 1.56 bits per heavy atom. The predicted molar refractivity (Wildman–Crippen MR) is 123 cm³/mol. The highest BCUT2D eigenvalue weighted by atomic mass is 32.1. The van der Waals surface area contributed by atoms with Crippen LogP contribution in [0.5, 0.6) is 0 Å². The van der Waals surface area contributed by atoms with Gasteiger partial charge in [-0.25, -0.2) is 4.98 Å². The minimum atomic E-state index is -0.246. The quantitative estimate of drug-likeness (QED) is 0.390. The van der Waals surface area contributed by atoms with Gasteiger partial charge in [0.1, 0.15) is 5.69 Å². The Kier molecular flexibility index (Phi) is 5.27. The van der Waals surface area contributed by atoms with E-state index in [1.54, 1.807) is 30.5 Å². The van der Waals surface area contributed by atoms with Crippen molar-refractivity contribution in [1.82, 2.24) is 20.2 Å². The summed E-state index contributed by atoms with van der Waals surface area (Å²) in [5.41, 5.74) is 4.74. The van der Waals surface area contributed by atoms with E-state index in [0.29, 0.717) is 22.5 Å². The van der Waals surface area contributed by atoms with Crippen molar-refractivity contribution in [2.24, 2.45) is 0 Å². The van der Waals surface area contributed by atoms with Gasteiger partial charge >= 0.3 is 0 Å². The second kappa shape index (κ2) is 8.52. The van der Waals surface area contributed by atoms with Gasteiger partial charge in [0, 0.05) is 28.3 Å². The third-order valence-corrected chi connectivity index (χ3v) is 5.53. The monoisotopic (exact) mass is 439 g/mol. The van der Waals surface area contributed by atoms with Crippen LogP contribution in [0.2, 0.25) is 0 Å². The van der Waals surface area contributed by atoms with Crippen molar-refractivity contribution in [3.63, 3.8) is 0 Å². The molecule has 0 saturated heterocycles. The van der Waals surface area contributed by atoms with Gasteiger partial charge in [0.15, 0.2) is 5.13 Å². The first-order valence-electron chi connectivity index (χ1n) is 9.85. The van der Waals surface area contributed by atoms with Gasteiger partial charge in [0.2, 0.25) is 11.8 Å². The molecular formula is C24H17N5O2S. The number of amides is 1. The highest BCUT2D eigenvalue weighted by molar-refractivity contribution is 7.14. The number of benzene rings is 2. The smallest absolute Gasteiger partial charge is 0.257 e. The molecule has 1 N–H and O–H groups in total. The van der Waals surface area contributed by atoms with Gasteiger partial charge in [-0.15, -0.1) is 21.5 Å². The average molecular weight is 440 g/mol. The van der Waals surface area contributed by atoms with Crippen LogP contribution in [-0.4, -0.2) is 26.1 Å². The highest BCUT2D eigenvalue weighted by Crippen LogP contribution is 2.26. The molecule has 3 aromatic heterocycles. The van der Waals surface area contributed by atoms with Crippen molar-refractivity contribution in [1.29, 1.82) is 0 Å². The molecule has 156 valence electrons. The topological polar surface area (TPSA) is 93.8 Å². The number of rotatable bonds is 5. The van der Waals surface area contributed by atoms with Crippen LogP contribution in [-0.2, 0) is 0 Å². The summed E-state index contributed by atoms with van der Waals surface area (Å²) in [5.74, 6) is 0.603. The number of carbonyl (C=O) groups excluding carboxylic acids is 1. The number of carbonyl (C=O) groups is 1. The van der Waals surface area contributed by atoms with E-state index in [1.807, 2.05) is 54.8 Å². The molecular weight excluding hydrogens is 422 g/mol. The van der Waals surface area contributed by atoms with Crippen LogP contribution < -0.4 is 5.32 Å². The van der Waals surface area contributed by atoms with Crippen molar-refractivity contribution in [3.8, 4) is 34.3 Å². The molecule has 32 heavy (non-hydrogen) atoms. The van der Waals surface area contributed by atoms with E-state index in [4.69, 9.17) is 4.42 Å². The molecule has 0 fully saturated rings. The Balaban J connectivity index is 1.28. The second-order valence-corrected chi connectivity index (χ2v) is 7.92. The summed E-state index contributed by atoms with van der Waals surface area (Å²) < 4.78 is 5.80. The lowest BCUT2D eigenvalue weighted by Crippen LogP contribution is -2.11. The standard InChI is InChI=1S/C24H17N5O2S/c1-15-5-7-17(8-6-15)22-28-29-23(31-22)18-11-9-16(10-12-18)21(30)27-24-26-20(14-32-24)19-4-2-3-13-25-19/h2-14H,1H3,(H,26,27,30). The van der Waals surface area contributed by atoms with Gasteiger partial charge < -0.3 is 4.42 Å². The summed E-state index contributed by atoms with van der Waals surface area (Å²) >= 11 is 1.35. The van der Waals surface area contributed by atoms with Gasteiger partial charge in [0.05, 0.1) is 5.69 Å². The molecule has 8 heteroatoms. The maximum atomic E-state index is 12.6. The molecule has 2 aromatic carbocycles. The number of hydrogen-bond acceptors (Lipinski definition) is 7. The van der Waals surface area contributed by atoms with Gasteiger partial charge in [-0.2, -0.15) is 0 Å². The molecule has 0 aliphatic rings. The number of nitrogens with zero attached hydrogens (tertiary/aromatic N) is 4. The molecule has 0 aliphatic carbocycles. The van der Waals surface area contributed by atoms with Crippen molar-refractivity contribution in [2.45, 2.75) is 6.92 Å². The molecule has 0 radical (unpaired) electrons. The van der Waals surface area contributed by atoms with Crippen LogP contribution in [0, 0.1) is 6.92 Å². The molecule has 0 atom stereocenters. The predicted octanol–water partition coefficient (Wildman–Crippen LogP) is 5.48. The summed E-state index contributed by atoms with van der Waals surface area (Å²) in [6.07, 6.45) is 1.71. The Labute approximate surface area is 187 Å². The highest BCUT2D eigenvalue weighted by Gasteiger charge is 2.13. The van der Waals surface area contributed by atoms with Crippen molar-refractivity contribution in [3.05, 3.63) is 89.4 Å². The van der Waals surface area contributed by atoms with Crippen LogP contribution in [0.15, 0.2) is 82.7 Å². The minimum Gasteiger partial charge on any atom is -0.416 e. The van der Waals surface area contributed by atoms with E-state index >= 15 is 0 Å². The van der Waals surface area contributed by atoms with Gasteiger partial charge in [-0.3, -0.25) is 15.1 Å². The molecule has 0 spiro atoms. The molecule has 0 saturated carbocycles. The minimum absolute atomic E-state index is 0.246.